The number of halogens is 1. The highest BCUT2D eigenvalue weighted by Gasteiger charge is 2.09. The van der Waals surface area contributed by atoms with Crippen molar-refractivity contribution in [3.05, 3.63) is 59.2 Å². The zero-order valence-corrected chi connectivity index (χ0v) is 11.1. The number of rotatable bonds is 3. The number of hydrogen-bond donors (Lipinski definition) is 1. The molecular weight excluding hydrogens is 278 g/mol. The Kier molecular flexibility index (Phi) is 3.35. The van der Waals surface area contributed by atoms with Crippen molar-refractivity contribution in [3.63, 3.8) is 0 Å². The van der Waals surface area contributed by atoms with Crippen molar-refractivity contribution in [2.24, 2.45) is 0 Å². The predicted molar refractivity (Wildman–Crippen MR) is 74.4 cm³/mol. The number of nitrogens with one attached hydrogen (secondary N) is 1. The van der Waals surface area contributed by atoms with Crippen molar-refractivity contribution >= 4 is 28.6 Å². The number of hydrogen-bond acceptors (Lipinski definition) is 4. The first-order valence-corrected chi connectivity index (χ1v) is 6.33. The van der Waals surface area contributed by atoms with Crippen LogP contribution < -0.4 is 5.32 Å². The lowest BCUT2D eigenvalue weighted by atomic mass is 10.2. The molecule has 0 saturated heterocycles. The fraction of sp³-hybridized carbons (Fsp3) is 0.0714. The molecule has 0 saturated carbocycles. The summed E-state index contributed by atoms with van der Waals surface area (Å²) in [5.41, 5.74) is 2.56. The van der Waals surface area contributed by atoms with Crippen LogP contribution in [-0.2, 0) is 6.54 Å². The van der Waals surface area contributed by atoms with E-state index in [-0.39, 0.29) is 11.3 Å². The highest BCUT2D eigenvalue weighted by Crippen LogP contribution is 2.19. The normalized spacial score (nSPS) is 10.7. The molecule has 2 heterocycles. The van der Waals surface area contributed by atoms with E-state index >= 15 is 0 Å². The second-order valence-electron chi connectivity index (χ2n) is 4.19. The first-order chi connectivity index (χ1) is 9.72. The van der Waals surface area contributed by atoms with Gasteiger partial charge in [-0.15, -0.1) is 0 Å². The number of benzene rings is 1. The van der Waals surface area contributed by atoms with Gasteiger partial charge in [0.05, 0.1) is 0 Å². The fourth-order valence-electron chi connectivity index (χ4n) is 1.83. The van der Waals surface area contributed by atoms with Gasteiger partial charge in [-0.1, -0.05) is 6.07 Å². The summed E-state index contributed by atoms with van der Waals surface area (Å²) in [5.74, 6) is -0.185. The van der Waals surface area contributed by atoms with Crippen LogP contribution >= 0.6 is 11.6 Å². The first-order valence-electron chi connectivity index (χ1n) is 5.95. The number of aromatic nitrogens is 2. The molecule has 3 rings (SSSR count). The molecule has 6 heteroatoms. The standard InChI is InChI=1S/C14H10ClN3O2/c15-14-18-11-6-10(3-4-12(11)20-14)13(19)17-8-9-2-1-5-16-7-9/h1-7H,8H2,(H,17,19). The van der Waals surface area contributed by atoms with Crippen LogP contribution in [0.2, 0.25) is 5.35 Å². The highest BCUT2D eigenvalue weighted by molar-refractivity contribution is 6.28. The SMILES string of the molecule is O=C(NCc1cccnc1)c1ccc2oc(Cl)nc2c1. The summed E-state index contributed by atoms with van der Waals surface area (Å²) in [7, 11) is 0. The van der Waals surface area contributed by atoms with Gasteiger partial charge in [-0.05, 0) is 41.4 Å². The molecule has 1 amide bonds. The molecule has 1 N–H and O–H groups in total. The minimum atomic E-state index is -0.185. The van der Waals surface area contributed by atoms with Crippen LogP contribution in [0.1, 0.15) is 15.9 Å². The Morgan fingerprint density at radius 1 is 1.35 bits per heavy atom. The van der Waals surface area contributed by atoms with E-state index in [0.717, 1.165) is 5.56 Å². The Labute approximate surface area is 119 Å². The van der Waals surface area contributed by atoms with Gasteiger partial charge in [-0.2, -0.15) is 4.98 Å². The second-order valence-corrected chi connectivity index (χ2v) is 4.52. The first kappa shape index (κ1) is 12.6. The van der Waals surface area contributed by atoms with E-state index < -0.39 is 0 Å². The number of oxazole rings is 1. The van der Waals surface area contributed by atoms with E-state index in [0.29, 0.717) is 23.2 Å². The third-order valence-electron chi connectivity index (χ3n) is 2.80. The molecule has 2 aromatic heterocycles. The van der Waals surface area contributed by atoms with Crippen LogP contribution in [0.4, 0.5) is 0 Å². The molecule has 3 aromatic rings. The van der Waals surface area contributed by atoms with E-state index in [1.165, 1.54) is 0 Å². The van der Waals surface area contributed by atoms with Gasteiger partial charge in [0, 0.05) is 24.5 Å². The lowest BCUT2D eigenvalue weighted by Gasteiger charge is -2.04. The van der Waals surface area contributed by atoms with Crippen molar-refractivity contribution in [2.45, 2.75) is 6.54 Å². The zero-order chi connectivity index (χ0) is 13.9. The number of amides is 1. The van der Waals surface area contributed by atoms with Crippen LogP contribution in [0.25, 0.3) is 11.1 Å². The van der Waals surface area contributed by atoms with Crippen LogP contribution in [-0.4, -0.2) is 15.9 Å². The molecule has 0 atom stereocenters. The van der Waals surface area contributed by atoms with Crippen molar-refractivity contribution in [1.82, 2.24) is 15.3 Å². The summed E-state index contributed by atoms with van der Waals surface area (Å²) in [4.78, 5) is 20.0. The van der Waals surface area contributed by atoms with Gasteiger partial charge in [-0.25, -0.2) is 0 Å². The van der Waals surface area contributed by atoms with Crippen molar-refractivity contribution < 1.29 is 9.21 Å². The molecule has 0 aliphatic heterocycles. The van der Waals surface area contributed by atoms with E-state index in [1.54, 1.807) is 30.6 Å². The second kappa shape index (κ2) is 5.30. The van der Waals surface area contributed by atoms with Gasteiger partial charge < -0.3 is 9.73 Å². The number of nitrogens with zero attached hydrogens (tertiary/aromatic N) is 2. The quantitative estimate of drug-likeness (QED) is 0.804. The Balaban J connectivity index is 1.75. The van der Waals surface area contributed by atoms with Crippen LogP contribution in [0.15, 0.2) is 47.1 Å². The summed E-state index contributed by atoms with van der Waals surface area (Å²) < 4.78 is 5.15. The van der Waals surface area contributed by atoms with Gasteiger partial charge in [0.1, 0.15) is 5.52 Å². The third kappa shape index (κ3) is 2.62. The average Bonchev–Trinajstić information content (AvgIpc) is 2.85. The average molecular weight is 288 g/mol. The maximum Gasteiger partial charge on any atom is 0.293 e. The molecule has 0 fully saturated rings. The summed E-state index contributed by atoms with van der Waals surface area (Å²) >= 11 is 5.67. The molecule has 0 aliphatic rings. The lowest BCUT2D eigenvalue weighted by Crippen LogP contribution is -2.22. The summed E-state index contributed by atoms with van der Waals surface area (Å²) in [6, 6.07) is 8.71. The molecule has 0 radical (unpaired) electrons. The fourth-order valence-corrected chi connectivity index (χ4v) is 2.00. The molecular formula is C14H10ClN3O2. The Bertz CT molecular complexity index is 755. The van der Waals surface area contributed by atoms with Gasteiger partial charge in [0.2, 0.25) is 0 Å². The predicted octanol–water partition coefficient (Wildman–Crippen LogP) is 2.81. The third-order valence-corrected chi connectivity index (χ3v) is 2.96. The Hall–Kier alpha value is -2.40. The minimum Gasteiger partial charge on any atom is -0.428 e. The van der Waals surface area contributed by atoms with Crippen molar-refractivity contribution in [2.75, 3.05) is 0 Å². The maximum absolute atomic E-state index is 12.0. The molecule has 0 aliphatic carbocycles. The number of carbonyl (C=O) groups excluding carboxylic acids is 1. The largest absolute Gasteiger partial charge is 0.428 e. The van der Waals surface area contributed by atoms with Gasteiger partial charge in [0.25, 0.3) is 11.3 Å². The van der Waals surface area contributed by atoms with Crippen LogP contribution in [0.3, 0.4) is 0 Å². The molecule has 100 valence electrons. The number of carbonyl (C=O) groups is 1. The van der Waals surface area contributed by atoms with E-state index in [9.17, 15) is 4.79 Å². The Morgan fingerprint density at radius 3 is 3.05 bits per heavy atom. The molecule has 1 aromatic carbocycles. The molecule has 0 unspecified atom stereocenters. The van der Waals surface area contributed by atoms with Crippen molar-refractivity contribution in [3.8, 4) is 0 Å². The van der Waals surface area contributed by atoms with Gasteiger partial charge in [0.15, 0.2) is 5.58 Å². The molecule has 20 heavy (non-hydrogen) atoms. The van der Waals surface area contributed by atoms with Crippen molar-refractivity contribution in [1.29, 1.82) is 0 Å². The number of fused-ring (bicyclic) bond motifs is 1. The van der Waals surface area contributed by atoms with Crippen LogP contribution in [0.5, 0.6) is 0 Å². The monoisotopic (exact) mass is 287 g/mol. The molecule has 0 bridgehead atoms. The van der Waals surface area contributed by atoms with Gasteiger partial charge >= 0.3 is 0 Å². The van der Waals surface area contributed by atoms with Gasteiger partial charge in [-0.3, -0.25) is 9.78 Å². The topological polar surface area (TPSA) is 68.0 Å². The minimum absolute atomic E-state index is 0.0629. The molecule has 5 nitrogen and oxygen atoms in total. The lowest BCUT2D eigenvalue weighted by molar-refractivity contribution is 0.0951. The van der Waals surface area contributed by atoms with E-state index in [4.69, 9.17) is 16.0 Å². The summed E-state index contributed by atoms with van der Waals surface area (Å²) in [5, 5.41) is 2.88. The van der Waals surface area contributed by atoms with Crippen LogP contribution in [0, 0.1) is 0 Å². The highest BCUT2D eigenvalue weighted by atomic mass is 35.5. The summed E-state index contributed by atoms with van der Waals surface area (Å²) in [6.45, 7) is 0.421. The van der Waals surface area contributed by atoms with E-state index in [2.05, 4.69) is 15.3 Å². The summed E-state index contributed by atoms with van der Waals surface area (Å²) in [6.07, 6.45) is 3.40. The number of pyridine rings is 1. The molecule has 0 spiro atoms. The zero-order valence-electron chi connectivity index (χ0n) is 10.3. The smallest absolute Gasteiger partial charge is 0.293 e. The maximum atomic E-state index is 12.0. The Morgan fingerprint density at radius 2 is 2.25 bits per heavy atom. The van der Waals surface area contributed by atoms with E-state index in [1.807, 2.05) is 12.1 Å².